The number of carbonyl (C=O) groups is 1. The van der Waals surface area contributed by atoms with E-state index in [-0.39, 0.29) is 11.7 Å². The Kier molecular flexibility index (Phi) is 6.09. The highest BCUT2D eigenvalue weighted by atomic mass is 79.9. The van der Waals surface area contributed by atoms with Gasteiger partial charge in [0.05, 0.1) is 24.5 Å². The molecule has 0 aromatic heterocycles. The van der Waals surface area contributed by atoms with E-state index in [2.05, 4.69) is 21.2 Å². The van der Waals surface area contributed by atoms with Gasteiger partial charge in [0, 0.05) is 16.6 Å². The van der Waals surface area contributed by atoms with Crippen molar-refractivity contribution in [1.29, 1.82) is 0 Å². The second-order valence-corrected chi connectivity index (χ2v) is 6.41. The lowest BCUT2D eigenvalue weighted by Crippen LogP contribution is -2.10. The topological polar surface area (TPSA) is 67.8 Å². The molecule has 0 fully saturated rings. The quantitative estimate of drug-likeness (QED) is 0.721. The van der Waals surface area contributed by atoms with Crippen LogP contribution in [0.2, 0.25) is 0 Å². The molecule has 0 radical (unpaired) electrons. The van der Waals surface area contributed by atoms with Crippen LogP contribution in [0, 0.1) is 0 Å². The first-order chi connectivity index (χ1) is 11.4. The van der Waals surface area contributed by atoms with Gasteiger partial charge in [0.25, 0.3) is 0 Å². The largest absolute Gasteiger partial charge is 0.495 e. The van der Waals surface area contributed by atoms with Crippen molar-refractivity contribution < 1.29 is 19.4 Å². The molecular weight excluding hydrogens is 374 g/mol. The summed E-state index contributed by atoms with van der Waals surface area (Å²) in [5, 5.41) is 12.4. The van der Waals surface area contributed by atoms with E-state index in [9.17, 15) is 4.79 Å². The first-order valence-corrected chi connectivity index (χ1v) is 8.30. The maximum atomic E-state index is 11.2. The zero-order chi connectivity index (χ0) is 17.7. The Balaban J connectivity index is 2.25. The molecule has 0 saturated heterocycles. The molecule has 0 saturated carbocycles. The lowest BCUT2D eigenvalue weighted by Gasteiger charge is -2.17. The maximum Gasteiger partial charge on any atom is 0.335 e. The summed E-state index contributed by atoms with van der Waals surface area (Å²) in [4.78, 5) is 11.2. The average Bonchev–Trinajstić information content (AvgIpc) is 2.54. The number of anilines is 1. The molecule has 0 amide bonds. The minimum Gasteiger partial charge on any atom is -0.495 e. The summed E-state index contributed by atoms with van der Waals surface area (Å²) in [7, 11) is 1.55. The maximum absolute atomic E-state index is 11.2. The smallest absolute Gasteiger partial charge is 0.335 e. The Bertz CT molecular complexity index is 731. The molecule has 0 bridgehead atoms. The van der Waals surface area contributed by atoms with Crippen LogP contribution in [-0.2, 0) is 6.54 Å². The minimum atomic E-state index is -0.980. The van der Waals surface area contributed by atoms with Crippen molar-refractivity contribution in [2.24, 2.45) is 0 Å². The number of halogens is 1. The molecule has 128 valence electrons. The SMILES string of the molecule is COc1ccc(C(=O)O)cc1NCc1cc(Br)ccc1OC(C)C. The summed E-state index contributed by atoms with van der Waals surface area (Å²) in [5.41, 5.74) is 1.78. The number of carboxylic acid groups (broad SMARTS) is 1. The fourth-order valence-corrected chi connectivity index (χ4v) is 2.63. The Morgan fingerprint density at radius 3 is 2.54 bits per heavy atom. The second-order valence-electron chi connectivity index (χ2n) is 5.49. The third-order valence-corrected chi connectivity index (χ3v) is 3.79. The molecule has 5 nitrogen and oxygen atoms in total. The number of ether oxygens (including phenoxy) is 2. The summed E-state index contributed by atoms with van der Waals surface area (Å²) >= 11 is 3.46. The van der Waals surface area contributed by atoms with Gasteiger partial charge in [-0.3, -0.25) is 0 Å². The molecular formula is C18H20BrNO4. The summed E-state index contributed by atoms with van der Waals surface area (Å²) in [6.45, 7) is 4.41. The minimum absolute atomic E-state index is 0.0646. The average molecular weight is 394 g/mol. The van der Waals surface area contributed by atoms with Crippen molar-refractivity contribution in [3.05, 3.63) is 52.0 Å². The van der Waals surface area contributed by atoms with Gasteiger partial charge < -0.3 is 19.9 Å². The van der Waals surface area contributed by atoms with Crippen LogP contribution in [0.4, 0.5) is 5.69 Å². The summed E-state index contributed by atoms with van der Waals surface area (Å²) in [6.07, 6.45) is 0.0646. The van der Waals surface area contributed by atoms with E-state index >= 15 is 0 Å². The lowest BCUT2D eigenvalue weighted by molar-refractivity contribution is 0.0697. The summed E-state index contributed by atoms with van der Waals surface area (Å²) in [6, 6.07) is 10.5. The molecule has 2 aromatic carbocycles. The third kappa shape index (κ3) is 4.64. The van der Waals surface area contributed by atoms with E-state index in [0.717, 1.165) is 15.8 Å². The Labute approximate surface area is 149 Å². The first kappa shape index (κ1) is 18.1. The van der Waals surface area contributed by atoms with Crippen LogP contribution in [-0.4, -0.2) is 24.3 Å². The van der Waals surface area contributed by atoms with Gasteiger partial charge in [0.2, 0.25) is 0 Å². The monoisotopic (exact) mass is 393 g/mol. The number of carboxylic acids is 1. The van der Waals surface area contributed by atoms with E-state index in [4.69, 9.17) is 14.6 Å². The van der Waals surface area contributed by atoms with Crippen LogP contribution in [0.15, 0.2) is 40.9 Å². The van der Waals surface area contributed by atoms with Gasteiger partial charge in [0.15, 0.2) is 0 Å². The molecule has 0 aliphatic rings. The predicted molar refractivity (Wildman–Crippen MR) is 97.2 cm³/mol. The second kappa shape index (κ2) is 8.06. The van der Waals surface area contributed by atoms with Gasteiger partial charge in [-0.15, -0.1) is 0 Å². The van der Waals surface area contributed by atoms with Crippen LogP contribution < -0.4 is 14.8 Å². The highest BCUT2D eigenvalue weighted by molar-refractivity contribution is 9.10. The standard InChI is InChI=1S/C18H20BrNO4/c1-11(2)24-16-7-5-14(19)8-13(16)10-20-15-9-12(18(21)22)4-6-17(15)23-3/h4-9,11,20H,10H2,1-3H3,(H,21,22). The van der Waals surface area contributed by atoms with Crippen LogP contribution in [0.1, 0.15) is 29.8 Å². The normalized spacial score (nSPS) is 10.5. The Morgan fingerprint density at radius 2 is 1.92 bits per heavy atom. The van der Waals surface area contributed by atoms with E-state index in [0.29, 0.717) is 18.0 Å². The van der Waals surface area contributed by atoms with Crippen LogP contribution in [0.5, 0.6) is 11.5 Å². The number of nitrogens with one attached hydrogen (secondary N) is 1. The highest BCUT2D eigenvalue weighted by Gasteiger charge is 2.11. The zero-order valence-electron chi connectivity index (χ0n) is 13.8. The molecule has 2 aromatic rings. The molecule has 0 aliphatic heterocycles. The number of hydrogen-bond acceptors (Lipinski definition) is 4. The van der Waals surface area contributed by atoms with E-state index in [1.807, 2.05) is 32.0 Å². The third-order valence-electron chi connectivity index (χ3n) is 3.30. The van der Waals surface area contributed by atoms with Gasteiger partial charge in [-0.25, -0.2) is 4.79 Å². The zero-order valence-corrected chi connectivity index (χ0v) is 15.4. The summed E-state index contributed by atoms with van der Waals surface area (Å²) < 4.78 is 12.1. The predicted octanol–water partition coefficient (Wildman–Crippen LogP) is 4.56. The molecule has 0 unspecified atom stereocenters. The van der Waals surface area contributed by atoms with Gasteiger partial charge in [0.1, 0.15) is 11.5 Å². The first-order valence-electron chi connectivity index (χ1n) is 7.51. The molecule has 0 atom stereocenters. The molecule has 6 heteroatoms. The Morgan fingerprint density at radius 1 is 1.21 bits per heavy atom. The van der Waals surface area contributed by atoms with Gasteiger partial charge in [-0.2, -0.15) is 0 Å². The number of aromatic carboxylic acids is 1. The number of hydrogen-bond donors (Lipinski definition) is 2. The lowest BCUT2D eigenvalue weighted by atomic mass is 10.1. The molecule has 2 rings (SSSR count). The van der Waals surface area contributed by atoms with Crippen LogP contribution in [0.25, 0.3) is 0 Å². The molecule has 24 heavy (non-hydrogen) atoms. The summed E-state index contributed by atoms with van der Waals surface area (Å²) in [5.74, 6) is 0.391. The van der Waals surface area contributed by atoms with Crippen molar-refractivity contribution >= 4 is 27.6 Å². The van der Waals surface area contributed by atoms with E-state index < -0.39 is 5.97 Å². The van der Waals surface area contributed by atoms with Crippen molar-refractivity contribution in [3.63, 3.8) is 0 Å². The molecule has 0 spiro atoms. The van der Waals surface area contributed by atoms with Gasteiger partial charge in [-0.1, -0.05) is 15.9 Å². The van der Waals surface area contributed by atoms with Crippen molar-refractivity contribution in [2.75, 3.05) is 12.4 Å². The van der Waals surface area contributed by atoms with Gasteiger partial charge >= 0.3 is 5.97 Å². The molecule has 0 aliphatic carbocycles. The highest BCUT2D eigenvalue weighted by Crippen LogP contribution is 2.29. The van der Waals surface area contributed by atoms with Crippen LogP contribution in [0.3, 0.4) is 0 Å². The molecule has 2 N–H and O–H groups in total. The fourth-order valence-electron chi connectivity index (χ4n) is 2.22. The number of methoxy groups -OCH3 is 1. The van der Waals surface area contributed by atoms with Crippen molar-refractivity contribution in [3.8, 4) is 11.5 Å². The fraction of sp³-hybridized carbons (Fsp3) is 0.278. The van der Waals surface area contributed by atoms with Crippen LogP contribution >= 0.6 is 15.9 Å². The van der Waals surface area contributed by atoms with E-state index in [1.165, 1.54) is 6.07 Å². The Hall–Kier alpha value is -2.21. The number of benzene rings is 2. The van der Waals surface area contributed by atoms with Gasteiger partial charge in [-0.05, 0) is 50.2 Å². The molecule has 0 heterocycles. The number of rotatable bonds is 7. The van der Waals surface area contributed by atoms with Crippen molar-refractivity contribution in [2.45, 2.75) is 26.5 Å². The van der Waals surface area contributed by atoms with Crippen molar-refractivity contribution in [1.82, 2.24) is 0 Å². The van der Waals surface area contributed by atoms with E-state index in [1.54, 1.807) is 19.2 Å².